The lowest BCUT2D eigenvalue weighted by Gasteiger charge is -2.44. The average molecular weight is 284 g/mol. The lowest BCUT2D eigenvalue weighted by atomic mass is 9.74. The summed E-state index contributed by atoms with van der Waals surface area (Å²) in [7, 11) is 0. The molecule has 2 rings (SSSR count). The summed E-state index contributed by atoms with van der Waals surface area (Å²) >= 11 is 0. The highest BCUT2D eigenvalue weighted by molar-refractivity contribution is 5.77. The maximum absolute atomic E-state index is 12.4. The van der Waals surface area contributed by atoms with Crippen molar-refractivity contribution in [3.8, 4) is 0 Å². The molecule has 0 aromatic rings. The molecule has 1 saturated carbocycles. The molecule has 2 aliphatic rings. The molecule has 0 aromatic heterocycles. The fourth-order valence-electron chi connectivity index (χ4n) is 3.25. The molecule has 6 nitrogen and oxygen atoms in total. The molecule has 114 valence electrons. The van der Waals surface area contributed by atoms with Crippen molar-refractivity contribution in [3.63, 3.8) is 0 Å². The fourth-order valence-corrected chi connectivity index (χ4v) is 3.25. The third-order valence-electron chi connectivity index (χ3n) is 4.52. The minimum absolute atomic E-state index is 0.00273. The van der Waals surface area contributed by atoms with Crippen molar-refractivity contribution < 1.29 is 19.8 Å². The standard InChI is InChI=1S/C14H24N2O4/c17-9-5-11-4-1-2-8-16(11)13(20)15-14(6-3-7-14)10-12(18)19/h11,17H,1-10H2,(H,15,20)(H,18,19). The van der Waals surface area contributed by atoms with E-state index >= 15 is 0 Å². The number of amides is 2. The predicted molar refractivity (Wildman–Crippen MR) is 73.4 cm³/mol. The van der Waals surface area contributed by atoms with Crippen LogP contribution in [0.2, 0.25) is 0 Å². The summed E-state index contributed by atoms with van der Waals surface area (Å²) in [5.41, 5.74) is -0.551. The zero-order valence-corrected chi connectivity index (χ0v) is 11.8. The molecule has 1 atom stereocenters. The first-order valence-corrected chi connectivity index (χ1v) is 7.48. The second-order valence-electron chi connectivity index (χ2n) is 5.99. The zero-order valence-electron chi connectivity index (χ0n) is 11.8. The van der Waals surface area contributed by atoms with E-state index in [-0.39, 0.29) is 25.1 Å². The second-order valence-corrected chi connectivity index (χ2v) is 5.99. The van der Waals surface area contributed by atoms with Gasteiger partial charge < -0.3 is 20.4 Å². The number of piperidine rings is 1. The molecule has 6 heteroatoms. The van der Waals surface area contributed by atoms with Gasteiger partial charge in [-0.2, -0.15) is 0 Å². The highest BCUT2D eigenvalue weighted by atomic mass is 16.4. The number of nitrogens with zero attached hydrogens (tertiary/aromatic N) is 1. The Bertz CT molecular complexity index is 366. The number of aliphatic hydroxyl groups excluding tert-OH is 1. The van der Waals surface area contributed by atoms with Crippen LogP contribution >= 0.6 is 0 Å². The van der Waals surface area contributed by atoms with Crippen molar-refractivity contribution in [2.45, 2.75) is 62.9 Å². The Balaban J connectivity index is 1.96. The molecular weight excluding hydrogens is 260 g/mol. The molecule has 1 saturated heterocycles. The van der Waals surface area contributed by atoms with Gasteiger partial charge in [0.25, 0.3) is 0 Å². The minimum atomic E-state index is -0.865. The number of hydrogen-bond acceptors (Lipinski definition) is 3. The smallest absolute Gasteiger partial charge is 0.318 e. The normalized spacial score (nSPS) is 24.9. The summed E-state index contributed by atoms with van der Waals surface area (Å²) < 4.78 is 0. The zero-order chi connectivity index (χ0) is 14.6. The topological polar surface area (TPSA) is 89.9 Å². The molecular formula is C14H24N2O4. The van der Waals surface area contributed by atoms with Gasteiger partial charge in [-0.1, -0.05) is 0 Å². The monoisotopic (exact) mass is 284 g/mol. The molecule has 0 bridgehead atoms. The van der Waals surface area contributed by atoms with Crippen molar-refractivity contribution in [2.75, 3.05) is 13.2 Å². The maximum atomic E-state index is 12.4. The van der Waals surface area contributed by atoms with E-state index in [2.05, 4.69) is 5.32 Å². The first-order valence-electron chi connectivity index (χ1n) is 7.48. The van der Waals surface area contributed by atoms with Crippen LogP contribution in [0.5, 0.6) is 0 Å². The van der Waals surface area contributed by atoms with Crippen LogP contribution in [0.4, 0.5) is 4.79 Å². The van der Waals surface area contributed by atoms with Crippen LogP contribution in [0, 0.1) is 0 Å². The lowest BCUT2D eigenvalue weighted by molar-refractivity contribution is -0.139. The maximum Gasteiger partial charge on any atom is 0.318 e. The van der Waals surface area contributed by atoms with Crippen LogP contribution in [0.1, 0.15) is 51.4 Å². The van der Waals surface area contributed by atoms with Gasteiger partial charge in [0, 0.05) is 19.2 Å². The molecule has 0 aromatic carbocycles. The summed E-state index contributed by atoms with van der Waals surface area (Å²) in [6.07, 6.45) is 6.01. The quantitative estimate of drug-likeness (QED) is 0.710. The average Bonchev–Trinajstić information content (AvgIpc) is 2.36. The number of hydrogen-bond donors (Lipinski definition) is 3. The van der Waals surface area contributed by atoms with Gasteiger partial charge in [0.05, 0.1) is 12.0 Å². The molecule has 2 amide bonds. The van der Waals surface area contributed by atoms with Gasteiger partial charge in [0.1, 0.15) is 0 Å². The third-order valence-corrected chi connectivity index (χ3v) is 4.52. The van der Waals surface area contributed by atoms with Crippen LogP contribution < -0.4 is 5.32 Å². The van der Waals surface area contributed by atoms with Gasteiger partial charge >= 0.3 is 12.0 Å². The van der Waals surface area contributed by atoms with Crippen molar-refractivity contribution in [1.82, 2.24) is 10.2 Å². The van der Waals surface area contributed by atoms with Gasteiger partial charge in [0.15, 0.2) is 0 Å². The molecule has 20 heavy (non-hydrogen) atoms. The SMILES string of the molecule is O=C(O)CC1(NC(=O)N2CCCCC2CCO)CCC1. The van der Waals surface area contributed by atoms with E-state index < -0.39 is 11.5 Å². The highest BCUT2D eigenvalue weighted by Gasteiger charge is 2.42. The number of likely N-dealkylation sites (tertiary alicyclic amines) is 1. The van der Waals surface area contributed by atoms with E-state index in [4.69, 9.17) is 10.2 Å². The summed E-state index contributed by atoms with van der Waals surface area (Å²) in [4.78, 5) is 25.1. The van der Waals surface area contributed by atoms with Crippen LogP contribution in [-0.2, 0) is 4.79 Å². The van der Waals surface area contributed by atoms with Crippen LogP contribution in [0.3, 0.4) is 0 Å². The molecule has 3 N–H and O–H groups in total. The van der Waals surface area contributed by atoms with Crippen molar-refractivity contribution in [2.24, 2.45) is 0 Å². The third kappa shape index (κ3) is 3.42. The summed E-state index contributed by atoms with van der Waals surface area (Å²) in [6.45, 7) is 0.772. The van der Waals surface area contributed by atoms with Gasteiger partial charge in [-0.3, -0.25) is 4.79 Å². The minimum Gasteiger partial charge on any atom is -0.481 e. The van der Waals surface area contributed by atoms with Crippen LogP contribution in [-0.4, -0.2) is 51.8 Å². The Morgan fingerprint density at radius 2 is 2.00 bits per heavy atom. The van der Waals surface area contributed by atoms with E-state index in [0.29, 0.717) is 13.0 Å². The second kappa shape index (κ2) is 6.43. The van der Waals surface area contributed by atoms with Crippen LogP contribution in [0.15, 0.2) is 0 Å². The number of urea groups is 1. The Morgan fingerprint density at radius 3 is 2.55 bits per heavy atom. The Kier molecular flexibility index (Phi) is 4.86. The molecule has 1 aliphatic heterocycles. The van der Waals surface area contributed by atoms with Crippen molar-refractivity contribution in [1.29, 1.82) is 0 Å². The van der Waals surface area contributed by atoms with E-state index in [1.165, 1.54) is 0 Å². The molecule has 0 radical (unpaired) electrons. The van der Waals surface area contributed by atoms with E-state index in [1.807, 2.05) is 0 Å². The van der Waals surface area contributed by atoms with Crippen molar-refractivity contribution in [3.05, 3.63) is 0 Å². The Hall–Kier alpha value is -1.30. The van der Waals surface area contributed by atoms with E-state index in [9.17, 15) is 9.59 Å². The number of carboxylic acids is 1. The first kappa shape index (κ1) is 15.1. The molecule has 0 spiro atoms. The number of aliphatic hydroxyl groups is 1. The Morgan fingerprint density at radius 1 is 1.25 bits per heavy atom. The number of carboxylic acid groups (broad SMARTS) is 1. The molecule has 1 aliphatic carbocycles. The summed E-state index contributed by atoms with van der Waals surface area (Å²) in [5.74, 6) is -0.865. The number of rotatable bonds is 5. The number of nitrogens with one attached hydrogen (secondary N) is 1. The number of carbonyl (C=O) groups excluding carboxylic acids is 1. The largest absolute Gasteiger partial charge is 0.481 e. The Labute approximate surface area is 119 Å². The van der Waals surface area contributed by atoms with Gasteiger partial charge in [0.2, 0.25) is 0 Å². The highest BCUT2D eigenvalue weighted by Crippen LogP contribution is 2.35. The fraction of sp³-hybridized carbons (Fsp3) is 0.857. The van der Waals surface area contributed by atoms with Gasteiger partial charge in [-0.15, -0.1) is 0 Å². The number of aliphatic carboxylic acids is 1. The summed E-state index contributed by atoms with van der Waals surface area (Å²) in [6, 6.07) is -0.0835. The number of carbonyl (C=O) groups is 2. The molecule has 1 unspecified atom stereocenters. The van der Waals surface area contributed by atoms with Gasteiger partial charge in [-0.25, -0.2) is 4.79 Å². The van der Waals surface area contributed by atoms with E-state index in [0.717, 1.165) is 38.5 Å². The van der Waals surface area contributed by atoms with Crippen LogP contribution in [0.25, 0.3) is 0 Å². The predicted octanol–water partition coefficient (Wildman–Crippen LogP) is 1.33. The molecule has 2 fully saturated rings. The molecule has 1 heterocycles. The van der Waals surface area contributed by atoms with Gasteiger partial charge in [-0.05, 0) is 44.9 Å². The first-order chi connectivity index (χ1) is 9.56. The summed E-state index contributed by atoms with van der Waals surface area (Å²) in [5, 5.41) is 21.0. The van der Waals surface area contributed by atoms with E-state index in [1.54, 1.807) is 4.90 Å². The lowest BCUT2D eigenvalue weighted by Crippen LogP contribution is -2.60. The van der Waals surface area contributed by atoms with Crippen molar-refractivity contribution >= 4 is 12.0 Å².